The molecule has 0 N–H and O–H groups in total. The van der Waals surface area contributed by atoms with Gasteiger partial charge in [0, 0.05) is 30.3 Å². The normalized spacial score (nSPS) is 10.4. The van der Waals surface area contributed by atoms with Crippen LogP contribution >= 0.6 is 0 Å². The number of benzene rings is 1. The SMILES string of the molecule is Cc1c(CC(=O)c2ccccc2)[c]nn1C. The van der Waals surface area contributed by atoms with Crippen molar-refractivity contribution >= 4 is 5.78 Å². The first-order valence-corrected chi connectivity index (χ1v) is 5.17. The van der Waals surface area contributed by atoms with Crippen molar-refractivity contribution in [2.75, 3.05) is 0 Å². The van der Waals surface area contributed by atoms with Gasteiger partial charge in [-0.2, -0.15) is 5.10 Å². The van der Waals surface area contributed by atoms with Crippen LogP contribution in [0, 0.1) is 13.1 Å². The number of Topliss-reactive ketones (excluding diaryl/α,β-unsaturated/α-hetero) is 1. The van der Waals surface area contributed by atoms with Crippen molar-refractivity contribution in [3.05, 3.63) is 53.3 Å². The third kappa shape index (κ3) is 2.03. The van der Waals surface area contributed by atoms with Crippen molar-refractivity contribution in [3.8, 4) is 0 Å². The van der Waals surface area contributed by atoms with E-state index >= 15 is 0 Å². The van der Waals surface area contributed by atoms with Crippen molar-refractivity contribution in [1.29, 1.82) is 0 Å². The summed E-state index contributed by atoms with van der Waals surface area (Å²) in [6.07, 6.45) is 3.23. The van der Waals surface area contributed by atoms with Crippen LogP contribution in [0.15, 0.2) is 30.3 Å². The Balaban J connectivity index is 2.17. The number of rotatable bonds is 3. The van der Waals surface area contributed by atoms with Crippen LogP contribution in [-0.4, -0.2) is 15.6 Å². The fraction of sp³-hybridized carbons (Fsp3) is 0.231. The van der Waals surface area contributed by atoms with Crippen molar-refractivity contribution in [3.63, 3.8) is 0 Å². The van der Waals surface area contributed by atoms with Gasteiger partial charge in [0.15, 0.2) is 5.78 Å². The van der Waals surface area contributed by atoms with E-state index < -0.39 is 0 Å². The number of nitrogens with zero attached hydrogens (tertiary/aromatic N) is 2. The van der Waals surface area contributed by atoms with E-state index in [1.165, 1.54) is 0 Å². The van der Waals surface area contributed by atoms with Crippen LogP contribution in [0.25, 0.3) is 0 Å². The summed E-state index contributed by atoms with van der Waals surface area (Å²) in [7, 11) is 1.85. The van der Waals surface area contributed by atoms with Gasteiger partial charge in [-0.1, -0.05) is 30.3 Å². The Hall–Kier alpha value is -1.90. The van der Waals surface area contributed by atoms with E-state index in [0.29, 0.717) is 6.42 Å². The van der Waals surface area contributed by atoms with Gasteiger partial charge >= 0.3 is 0 Å². The van der Waals surface area contributed by atoms with Crippen LogP contribution in [0.2, 0.25) is 0 Å². The molecule has 2 rings (SSSR count). The molecule has 3 heteroatoms. The lowest BCUT2D eigenvalue weighted by Crippen LogP contribution is -2.04. The number of hydrogen-bond donors (Lipinski definition) is 0. The number of carbonyl (C=O) groups excluding carboxylic acids is 1. The lowest BCUT2D eigenvalue weighted by molar-refractivity contribution is 0.0992. The molecular formula is C13H13N2O. The molecule has 0 aliphatic carbocycles. The van der Waals surface area contributed by atoms with Gasteiger partial charge in [0.2, 0.25) is 0 Å². The Morgan fingerprint density at radius 1 is 1.38 bits per heavy atom. The van der Waals surface area contributed by atoms with Gasteiger partial charge in [-0.25, -0.2) is 0 Å². The first-order chi connectivity index (χ1) is 7.68. The summed E-state index contributed by atoms with van der Waals surface area (Å²) in [5.74, 6) is 0.105. The molecule has 2 aromatic rings. The second-order valence-electron chi connectivity index (χ2n) is 3.77. The highest BCUT2D eigenvalue weighted by Crippen LogP contribution is 2.10. The first kappa shape index (κ1) is 10.6. The molecule has 0 spiro atoms. The molecule has 1 radical (unpaired) electrons. The first-order valence-electron chi connectivity index (χ1n) is 5.17. The predicted molar refractivity (Wildman–Crippen MR) is 61.3 cm³/mol. The Labute approximate surface area is 94.7 Å². The highest BCUT2D eigenvalue weighted by atomic mass is 16.1. The molecule has 0 aliphatic rings. The molecular weight excluding hydrogens is 200 g/mol. The van der Waals surface area contributed by atoms with E-state index in [2.05, 4.69) is 11.3 Å². The van der Waals surface area contributed by atoms with Crippen LogP contribution in [0.3, 0.4) is 0 Å². The summed E-state index contributed by atoms with van der Waals surface area (Å²) in [6, 6.07) is 9.29. The van der Waals surface area contributed by atoms with Gasteiger partial charge in [-0.05, 0) is 6.92 Å². The second kappa shape index (κ2) is 4.31. The van der Waals surface area contributed by atoms with Crippen molar-refractivity contribution in [1.82, 2.24) is 9.78 Å². The smallest absolute Gasteiger partial charge is 0.167 e. The van der Waals surface area contributed by atoms with Crippen molar-refractivity contribution in [2.24, 2.45) is 7.05 Å². The van der Waals surface area contributed by atoms with E-state index in [4.69, 9.17) is 0 Å². The molecule has 1 aromatic heterocycles. The summed E-state index contributed by atoms with van der Waals surface area (Å²) in [5, 5.41) is 4.00. The Kier molecular flexibility index (Phi) is 2.86. The third-order valence-electron chi connectivity index (χ3n) is 2.69. The fourth-order valence-electron chi connectivity index (χ4n) is 1.54. The molecule has 3 nitrogen and oxygen atoms in total. The highest BCUT2D eigenvalue weighted by molar-refractivity contribution is 5.97. The maximum absolute atomic E-state index is 11.9. The summed E-state index contributed by atoms with van der Waals surface area (Å²) < 4.78 is 1.73. The van der Waals surface area contributed by atoms with E-state index in [0.717, 1.165) is 16.8 Å². The van der Waals surface area contributed by atoms with Crippen molar-refractivity contribution in [2.45, 2.75) is 13.3 Å². The van der Waals surface area contributed by atoms with E-state index in [1.807, 2.05) is 44.3 Å². The number of aryl methyl sites for hydroxylation is 1. The molecule has 0 unspecified atom stereocenters. The lowest BCUT2D eigenvalue weighted by atomic mass is 10.0. The molecule has 0 fully saturated rings. The molecule has 0 bridgehead atoms. The molecule has 81 valence electrons. The van der Waals surface area contributed by atoms with Gasteiger partial charge in [-0.15, -0.1) is 0 Å². The minimum Gasteiger partial charge on any atom is -0.294 e. The number of aromatic nitrogens is 2. The standard InChI is InChI=1S/C13H13N2O/c1-10-12(9-14-15(10)2)8-13(16)11-6-4-3-5-7-11/h3-7H,8H2,1-2H3. The summed E-state index contributed by atoms with van der Waals surface area (Å²) in [6.45, 7) is 1.94. The average molecular weight is 213 g/mol. The summed E-state index contributed by atoms with van der Waals surface area (Å²) in [4.78, 5) is 11.9. The minimum atomic E-state index is 0.105. The molecule has 1 aromatic carbocycles. The monoisotopic (exact) mass is 213 g/mol. The molecule has 0 amide bonds. The quantitative estimate of drug-likeness (QED) is 0.730. The fourth-order valence-corrected chi connectivity index (χ4v) is 1.54. The summed E-state index contributed by atoms with van der Waals surface area (Å²) in [5.41, 5.74) is 2.60. The van der Waals surface area contributed by atoms with Gasteiger partial charge in [0.25, 0.3) is 0 Å². The zero-order valence-electron chi connectivity index (χ0n) is 9.40. The zero-order valence-corrected chi connectivity index (χ0v) is 9.40. The van der Waals surface area contributed by atoms with E-state index in [-0.39, 0.29) is 5.78 Å². The Bertz CT molecular complexity index is 500. The number of hydrogen-bond acceptors (Lipinski definition) is 2. The molecule has 16 heavy (non-hydrogen) atoms. The zero-order chi connectivity index (χ0) is 11.5. The third-order valence-corrected chi connectivity index (χ3v) is 2.69. The van der Waals surface area contributed by atoms with Crippen molar-refractivity contribution < 1.29 is 4.79 Å². The van der Waals surface area contributed by atoms with Crippen LogP contribution in [-0.2, 0) is 13.5 Å². The lowest BCUT2D eigenvalue weighted by Gasteiger charge is -2.00. The van der Waals surface area contributed by atoms with Gasteiger partial charge in [-0.3, -0.25) is 9.48 Å². The topological polar surface area (TPSA) is 34.9 Å². The maximum atomic E-state index is 11.9. The molecule has 1 heterocycles. The molecule has 0 aliphatic heterocycles. The predicted octanol–water partition coefficient (Wildman–Crippen LogP) is 1.95. The molecule has 0 saturated heterocycles. The minimum absolute atomic E-state index is 0.105. The largest absolute Gasteiger partial charge is 0.294 e. The number of ketones is 1. The summed E-state index contributed by atoms with van der Waals surface area (Å²) >= 11 is 0. The van der Waals surface area contributed by atoms with Crippen LogP contribution in [0.4, 0.5) is 0 Å². The molecule has 0 saturated carbocycles. The van der Waals surface area contributed by atoms with Gasteiger partial charge < -0.3 is 0 Å². The van der Waals surface area contributed by atoms with Gasteiger partial charge in [0.1, 0.15) is 6.20 Å². The number of carbonyl (C=O) groups is 1. The van der Waals surface area contributed by atoms with E-state index in [9.17, 15) is 4.79 Å². The van der Waals surface area contributed by atoms with Gasteiger partial charge in [0.05, 0.1) is 0 Å². The highest BCUT2D eigenvalue weighted by Gasteiger charge is 2.11. The Morgan fingerprint density at radius 2 is 2.06 bits per heavy atom. The van der Waals surface area contributed by atoms with E-state index in [1.54, 1.807) is 4.68 Å². The van der Waals surface area contributed by atoms with Crippen LogP contribution in [0.1, 0.15) is 21.6 Å². The maximum Gasteiger partial charge on any atom is 0.167 e. The second-order valence-corrected chi connectivity index (χ2v) is 3.77. The Morgan fingerprint density at radius 3 is 2.62 bits per heavy atom. The molecule has 0 atom stereocenters. The average Bonchev–Trinajstić information content (AvgIpc) is 2.62. The van der Waals surface area contributed by atoms with Crippen LogP contribution < -0.4 is 0 Å². The van der Waals surface area contributed by atoms with Crippen LogP contribution in [0.5, 0.6) is 0 Å².